The van der Waals surface area contributed by atoms with Gasteiger partial charge in [-0.2, -0.15) is 0 Å². The largest absolute Gasteiger partial charge is 0.348 e. The minimum absolute atomic E-state index is 0.307. The fourth-order valence-electron chi connectivity index (χ4n) is 1.42. The van der Waals surface area contributed by atoms with E-state index in [0.717, 1.165) is 5.57 Å². The average molecular weight is 264 g/mol. The molecule has 0 aliphatic rings. The molecule has 0 saturated heterocycles. The zero-order valence-corrected chi connectivity index (χ0v) is 11.7. The van der Waals surface area contributed by atoms with Crippen LogP contribution in [0.15, 0.2) is 52.8 Å². The highest BCUT2D eigenvalue weighted by Gasteiger charge is 2.12. The molecule has 1 atom stereocenters. The Morgan fingerprint density at radius 3 is 2.53 bits per heavy atom. The molecule has 0 heterocycles. The number of halogens is 1. The van der Waals surface area contributed by atoms with Crippen molar-refractivity contribution in [2.75, 3.05) is 6.54 Å². The standard InChI is InChI=1S/C15H21FN2O/c1-5-14(8-7-13(4)16)15(18-11-19)12(3)9-10-17-6-2/h5,7-11,15H,1,6H2,2-4H3,(H,18,19)/b12-9+,13-7+,14-8+,17-10?. The van der Waals surface area contributed by atoms with Gasteiger partial charge < -0.3 is 5.32 Å². The first-order valence-electron chi connectivity index (χ1n) is 6.09. The van der Waals surface area contributed by atoms with Crippen molar-refractivity contribution in [2.45, 2.75) is 26.8 Å². The fourth-order valence-corrected chi connectivity index (χ4v) is 1.42. The molecular formula is C15H21FN2O. The number of hydrogen-bond acceptors (Lipinski definition) is 2. The van der Waals surface area contributed by atoms with Gasteiger partial charge in [-0.3, -0.25) is 9.79 Å². The maximum absolute atomic E-state index is 12.8. The number of allylic oxidation sites excluding steroid dienone is 4. The summed E-state index contributed by atoms with van der Waals surface area (Å²) in [6.45, 7) is 9.54. The van der Waals surface area contributed by atoms with E-state index in [4.69, 9.17) is 0 Å². The van der Waals surface area contributed by atoms with Gasteiger partial charge in [-0.1, -0.05) is 18.7 Å². The first-order chi connectivity index (χ1) is 9.06. The average Bonchev–Trinajstić information content (AvgIpc) is 2.38. The number of carbonyl (C=O) groups excluding carboxylic acids is 1. The molecule has 0 radical (unpaired) electrons. The zero-order chi connectivity index (χ0) is 14.7. The van der Waals surface area contributed by atoms with Crippen molar-refractivity contribution < 1.29 is 9.18 Å². The van der Waals surface area contributed by atoms with E-state index in [-0.39, 0.29) is 11.9 Å². The first-order valence-corrected chi connectivity index (χ1v) is 6.09. The van der Waals surface area contributed by atoms with E-state index in [1.165, 1.54) is 13.0 Å². The maximum Gasteiger partial charge on any atom is 0.207 e. The Morgan fingerprint density at radius 2 is 2.05 bits per heavy atom. The van der Waals surface area contributed by atoms with Gasteiger partial charge in [-0.05, 0) is 44.1 Å². The van der Waals surface area contributed by atoms with Gasteiger partial charge in [0.25, 0.3) is 0 Å². The van der Waals surface area contributed by atoms with E-state index in [1.807, 2.05) is 19.9 Å². The van der Waals surface area contributed by atoms with Gasteiger partial charge >= 0.3 is 0 Å². The van der Waals surface area contributed by atoms with Crippen LogP contribution in [-0.4, -0.2) is 25.2 Å². The Morgan fingerprint density at radius 1 is 1.37 bits per heavy atom. The van der Waals surface area contributed by atoms with Gasteiger partial charge in [0.2, 0.25) is 6.41 Å². The summed E-state index contributed by atoms with van der Waals surface area (Å²) in [6, 6.07) is -0.339. The minimum atomic E-state index is -0.339. The first kappa shape index (κ1) is 17.0. The van der Waals surface area contributed by atoms with Gasteiger partial charge in [0.05, 0.1) is 11.9 Å². The lowest BCUT2D eigenvalue weighted by Gasteiger charge is -2.17. The monoisotopic (exact) mass is 264 g/mol. The van der Waals surface area contributed by atoms with Crippen molar-refractivity contribution in [3.63, 3.8) is 0 Å². The van der Waals surface area contributed by atoms with Crippen LogP contribution in [0, 0.1) is 0 Å². The van der Waals surface area contributed by atoms with Crippen molar-refractivity contribution in [1.82, 2.24) is 5.32 Å². The van der Waals surface area contributed by atoms with Crippen molar-refractivity contribution in [2.24, 2.45) is 4.99 Å². The summed E-state index contributed by atoms with van der Waals surface area (Å²) in [5, 5.41) is 2.68. The van der Waals surface area contributed by atoms with Crippen LogP contribution in [0.1, 0.15) is 20.8 Å². The van der Waals surface area contributed by atoms with Crippen LogP contribution in [0.3, 0.4) is 0 Å². The lowest BCUT2D eigenvalue weighted by Crippen LogP contribution is -2.30. The molecule has 0 aromatic carbocycles. The Balaban J connectivity index is 5.26. The minimum Gasteiger partial charge on any atom is -0.348 e. The second-order valence-corrected chi connectivity index (χ2v) is 3.90. The summed E-state index contributed by atoms with van der Waals surface area (Å²) in [5.41, 5.74) is 1.60. The molecule has 1 N–H and O–H groups in total. The predicted molar refractivity (Wildman–Crippen MR) is 78.9 cm³/mol. The second-order valence-electron chi connectivity index (χ2n) is 3.90. The van der Waals surface area contributed by atoms with Crippen molar-refractivity contribution in [1.29, 1.82) is 0 Å². The van der Waals surface area contributed by atoms with Gasteiger partial charge in [-0.25, -0.2) is 4.39 Å². The summed E-state index contributed by atoms with van der Waals surface area (Å²) < 4.78 is 12.8. The van der Waals surface area contributed by atoms with E-state index >= 15 is 0 Å². The molecule has 1 unspecified atom stereocenters. The fraction of sp³-hybridized carbons (Fsp3) is 0.333. The predicted octanol–water partition coefficient (Wildman–Crippen LogP) is 3.12. The second kappa shape index (κ2) is 10.00. The third kappa shape index (κ3) is 7.13. The molecule has 0 bridgehead atoms. The van der Waals surface area contributed by atoms with Gasteiger partial charge in [-0.15, -0.1) is 0 Å². The molecule has 19 heavy (non-hydrogen) atoms. The molecule has 3 nitrogen and oxygen atoms in total. The van der Waals surface area contributed by atoms with Crippen LogP contribution in [0.5, 0.6) is 0 Å². The summed E-state index contributed by atoms with van der Waals surface area (Å²) in [7, 11) is 0. The third-order valence-electron chi connectivity index (χ3n) is 2.39. The smallest absolute Gasteiger partial charge is 0.207 e. The quantitative estimate of drug-likeness (QED) is 0.408. The molecule has 0 aliphatic heterocycles. The van der Waals surface area contributed by atoms with Crippen molar-refractivity contribution in [3.8, 4) is 0 Å². The molecular weight excluding hydrogens is 243 g/mol. The van der Waals surface area contributed by atoms with Gasteiger partial charge in [0.1, 0.15) is 0 Å². The Kier molecular flexibility index (Phi) is 8.96. The third-order valence-corrected chi connectivity index (χ3v) is 2.39. The number of rotatable bonds is 8. The van der Waals surface area contributed by atoms with Crippen LogP contribution in [0.2, 0.25) is 0 Å². The molecule has 0 aromatic rings. The lowest BCUT2D eigenvalue weighted by molar-refractivity contribution is -0.109. The molecule has 0 spiro atoms. The highest BCUT2D eigenvalue weighted by atomic mass is 19.1. The number of carbonyl (C=O) groups is 1. The summed E-state index contributed by atoms with van der Waals surface area (Å²) in [6.07, 6.45) is 8.64. The summed E-state index contributed by atoms with van der Waals surface area (Å²) in [4.78, 5) is 14.8. The van der Waals surface area contributed by atoms with Crippen LogP contribution in [0.4, 0.5) is 4.39 Å². The number of aliphatic imine (C=N–C) groups is 1. The molecule has 0 aliphatic carbocycles. The van der Waals surface area contributed by atoms with E-state index in [9.17, 15) is 9.18 Å². The van der Waals surface area contributed by atoms with Gasteiger partial charge in [0, 0.05) is 12.8 Å². The number of hydrogen-bond donors (Lipinski definition) is 1. The van der Waals surface area contributed by atoms with Crippen LogP contribution in [0.25, 0.3) is 0 Å². The van der Waals surface area contributed by atoms with Crippen LogP contribution >= 0.6 is 0 Å². The van der Waals surface area contributed by atoms with E-state index in [2.05, 4.69) is 16.9 Å². The lowest BCUT2D eigenvalue weighted by atomic mass is 9.99. The zero-order valence-electron chi connectivity index (χ0n) is 11.7. The summed E-state index contributed by atoms with van der Waals surface area (Å²) >= 11 is 0. The SMILES string of the molecule is C=C/C(=C\C=C(/C)F)C(NC=O)/C(C)=C/C=NCC. The Bertz CT molecular complexity index is 416. The van der Waals surface area contributed by atoms with Crippen molar-refractivity contribution in [3.05, 3.63) is 47.9 Å². The van der Waals surface area contributed by atoms with Crippen molar-refractivity contribution >= 4 is 12.6 Å². The number of nitrogens with one attached hydrogen (secondary N) is 1. The van der Waals surface area contributed by atoms with Crippen LogP contribution < -0.4 is 5.32 Å². The molecule has 0 rings (SSSR count). The molecule has 0 fully saturated rings. The van der Waals surface area contributed by atoms with E-state index < -0.39 is 0 Å². The highest BCUT2D eigenvalue weighted by molar-refractivity contribution is 5.73. The number of amides is 1. The van der Waals surface area contributed by atoms with Crippen LogP contribution in [-0.2, 0) is 4.79 Å². The molecule has 4 heteroatoms. The molecule has 0 aromatic heterocycles. The number of nitrogens with zero attached hydrogens (tertiary/aromatic N) is 1. The molecule has 0 saturated carbocycles. The highest BCUT2D eigenvalue weighted by Crippen LogP contribution is 2.13. The summed E-state index contributed by atoms with van der Waals surface area (Å²) in [5.74, 6) is -0.307. The molecule has 1 amide bonds. The topological polar surface area (TPSA) is 41.5 Å². The van der Waals surface area contributed by atoms with E-state index in [1.54, 1.807) is 18.4 Å². The Hall–Kier alpha value is -1.97. The maximum atomic E-state index is 12.8. The van der Waals surface area contributed by atoms with Gasteiger partial charge in [0.15, 0.2) is 0 Å². The normalized spacial score (nSPS) is 15.5. The Labute approximate surface area is 114 Å². The van der Waals surface area contributed by atoms with E-state index in [0.29, 0.717) is 18.5 Å². The molecule has 104 valence electrons.